The molecule has 2 aromatic rings. The van der Waals surface area contributed by atoms with Gasteiger partial charge in [-0.25, -0.2) is 9.78 Å². The molecule has 4 nitrogen and oxygen atoms in total. The molecule has 0 aliphatic carbocycles. The molecular weight excluding hydrogens is 249 g/mol. The van der Waals surface area contributed by atoms with Crippen molar-refractivity contribution < 1.29 is 23.1 Å². The molecule has 0 saturated heterocycles. The van der Waals surface area contributed by atoms with Crippen LogP contribution in [0.25, 0.3) is 10.8 Å². The summed E-state index contributed by atoms with van der Waals surface area (Å²) in [6.45, 7) is 0. The van der Waals surface area contributed by atoms with E-state index < -0.39 is 17.8 Å². The van der Waals surface area contributed by atoms with E-state index in [2.05, 4.69) is 4.98 Å². The molecule has 0 fully saturated rings. The standard InChI is InChI=1S/C11H7F3N2O2/c12-11(13,14)7-2-1-6-3-4-15-9(8(6)5-7)16-10(17)18/h1-5H,(H,15,16)(H,17,18). The normalized spacial score (nSPS) is 11.5. The number of carbonyl (C=O) groups is 1. The van der Waals surface area contributed by atoms with Gasteiger partial charge in [-0.3, -0.25) is 5.32 Å². The molecule has 1 amide bonds. The number of hydrogen-bond donors (Lipinski definition) is 2. The monoisotopic (exact) mass is 256 g/mol. The smallest absolute Gasteiger partial charge is 0.416 e. The van der Waals surface area contributed by atoms with Crippen molar-refractivity contribution in [3.63, 3.8) is 0 Å². The molecule has 1 aromatic carbocycles. The topological polar surface area (TPSA) is 62.2 Å². The number of pyridine rings is 1. The summed E-state index contributed by atoms with van der Waals surface area (Å²) in [6, 6.07) is 4.58. The third-order valence-electron chi connectivity index (χ3n) is 2.32. The Bertz CT molecular complexity index is 611. The number of hydrogen-bond acceptors (Lipinski definition) is 2. The van der Waals surface area contributed by atoms with Crippen molar-refractivity contribution in [3.05, 3.63) is 36.0 Å². The van der Waals surface area contributed by atoms with E-state index in [9.17, 15) is 18.0 Å². The minimum Gasteiger partial charge on any atom is -0.465 e. The molecule has 0 unspecified atom stereocenters. The molecule has 0 radical (unpaired) electrons. The summed E-state index contributed by atoms with van der Waals surface area (Å²) in [5, 5.41) is 11.1. The van der Waals surface area contributed by atoms with Crippen molar-refractivity contribution in [2.45, 2.75) is 6.18 Å². The molecule has 2 N–H and O–H groups in total. The van der Waals surface area contributed by atoms with Gasteiger partial charge in [-0.1, -0.05) is 6.07 Å². The molecule has 0 spiro atoms. The maximum absolute atomic E-state index is 12.6. The number of anilines is 1. The van der Waals surface area contributed by atoms with Crippen molar-refractivity contribution in [1.82, 2.24) is 4.98 Å². The highest BCUT2D eigenvalue weighted by Gasteiger charge is 2.30. The summed E-state index contributed by atoms with van der Waals surface area (Å²) < 4.78 is 37.7. The Balaban J connectivity index is 2.62. The van der Waals surface area contributed by atoms with E-state index in [0.29, 0.717) is 5.39 Å². The van der Waals surface area contributed by atoms with Crippen molar-refractivity contribution in [2.75, 3.05) is 5.32 Å². The summed E-state index contributed by atoms with van der Waals surface area (Å²) in [6.07, 6.45) is -4.54. The van der Waals surface area contributed by atoms with Gasteiger partial charge in [0, 0.05) is 11.6 Å². The van der Waals surface area contributed by atoms with Crippen LogP contribution in [0.3, 0.4) is 0 Å². The lowest BCUT2D eigenvalue weighted by molar-refractivity contribution is -0.137. The van der Waals surface area contributed by atoms with Crippen molar-refractivity contribution in [2.24, 2.45) is 0 Å². The first kappa shape index (κ1) is 12.2. The predicted molar refractivity (Wildman–Crippen MR) is 58.4 cm³/mol. The summed E-state index contributed by atoms with van der Waals surface area (Å²) >= 11 is 0. The number of halogens is 3. The number of alkyl halides is 3. The van der Waals surface area contributed by atoms with Crippen LogP contribution in [0.5, 0.6) is 0 Å². The van der Waals surface area contributed by atoms with Crippen LogP contribution in [0.2, 0.25) is 0 Å². The van der Waals surface area contributed by atoms with Gasteiger partial charge >= 0.3 is 12.3 Å². The van der Waals surface area contributed by atoms with Gasteiger partial charge in [-0.2, -0.15) is 13.2 Å². The first-order valence-corrected chi connectivity index (χ1v) is 4.84. The fraction of sp³-hybridized carbons (Fsp3) is 0.0909. The number of fused-ring (bicyclic) bond motifs is 1. The van der Waals surface area contributed by atoms with Crippen molar-refractivity contribution in [3.8, 4) is 0 Å². The Morgan fingerprint density at radius 2 is 2.00 bits per heavy atom. The number of amides is 1. The average molecular weight is 256 g/mol. The van der Waals surface area contributed by atoms with E-state index in [1.807, 2.05) is 5.32 Å². The van der Waals surface area contributed by atoms with Gasteiger partial charge in [0.1, 0.15) is 5.82 Å². The lowest BCUT2D eigenvalue weighted by Gasteiger charge is -2.09. The second-order valence-electron chi connectivity index (χ2n) is 3.52. The highest BCUT2D eigenvalue weighted by atomic mass is 19.4. The zero-order valence-electron chi connectivity index (χ0n) is 8.82. The number of carboxylic acid groups (broad SMARTS) is 1. The summed E-state index contributed by atoms with van der Waals surface area (Å²) in [5.74, 6) is -0.119. The Kier molecular flexibility index (Phi) is 2.82. The molecule has 0 aliphatic heterocycles. The minimum absolute atomic E-state index is 0.106. The number of benzene rings is 1. The second kappa shape index (κ2) is 4.17. The molecule has 2 rings (SSSR count). The fourth-order valence-corrected chi connectivity index (χ4v) is 1.55. The Labute approximate surface area is 99.1 Å². The second-order valence-corrected chi connectivity index (χ2v) is 3.52. The van der Waals surface area contributed by atoms with E-state index in [1.54, 1.807) is 0 Å². The molecule has 1 heterocycles. The van der Waals surface area contributed by atoms with Crippen LogP contribution in [0.15, 0.2) is 30.5 Å². The highest BCUT2D eigenvalue weighted by molar-refractivity contribution is 5.97. The highest BCUT2D eigenvalue weighted by Crippen LogP contribution is 2.32. The minimum atomic E-state index is -4.48. The van der Waals surface area contributed by atoms with Crippen LogP contribution >= 0.6 is 0 Å². The van der Waals surface area contributed by atoms with Gasteiger partial charge in [0.15, 0.2) is 0 Å². The van der Waals surface area contributed by atoms with Gasteiger partial charge in [-0.15, -0.1) is 0 Å². The molecule has 7 heteroatoms. The number of nitrogens with one attached hydrogen (secondary N) is 1. The quantitative estimate of drug-likeness (QED) is 0.822. The maximum Gasteiger partial charge on any atom is 0.416 e. The van der Waals surface area contributed by atoms with Crippen molar-refractivity contribution in [1.29, 1.82) is 0 Å². The number of rotatable bonds is 1. The average Bonchev–Trinajstić information content (AvgIpc) is 2.27. The first-order chi connectivity index (χ1) is 8.38. The molecule has 0 saturated carbocycles. The molecule has 18 heavy (non-hydrogen) atoms. The molecule has 0 atom stereocenters. The molecular formula is C11H7F3N2O2. The fourth-order valence-electron chi connectivity index (χ4n) is 1.55. The third-order valence-corrected chi connectivity index (χ3v) is 2.32. The SMILES string of the molecule is O=C(O)Nc1nccc2ccc(C(F)(F)F)cc12. The van der Waals surface area contributed by atoms with Crippen molar-refractivity contribution >= 4 is 22.7 Å². The van der Waals surface area contributed by atoms with Gasteiger partial charge in [-0.05, 0) is 23.6 Å². The van der Waals surface area contributed by atoms with Crippen LogP contribution in [0.1, 0.15) is 5.56 Å². The van der Waals surface area contributed by atoms with Gasteiger partial charge in [0.2, 0.25) is 0 Å². The zero-order chi connectivity index (χ0) is 13.3. The Morgan fingerprint density at radius 1 is 1.28 bits per heavy atom. The molecule has 1 aromatic heterocycles. The van der Waals surface area contributed by atoms with Crippen LogP contribution in [0.4, 0.5) is 23.8 Å². The Morgan fingerprint density at radius 3 is 2.61 bits per heavy atom. The third kappa shape index (κ3) is 2.34. The molecule has 94 valence electrons. The van der Waals surface area contributed by atoms with Crippen LogP contribution in [-0.2, 0) is 6.18 Å². The van der Waals surface area contributed by atoms with E-state index in [0.717, 1.165) is 12.1 Å². The van der Waals surface area contributed by atoms with E-state index in [4.69, 9.17) is 5.11 Å². The maximum atomic E-state index is 12.6. The van der Waals surface area contributed by atoms with Gasteiger partial charge < -0.3 is 5.11 Å². The zero-order valence-corrected chi connectivity index (χ0v) is 8.82. The Hall–Kier alpha value is -2.31. The van der Waals surface area contributed by atoms with E-state index in [-0.39, 0.29) is 11.2 Å². The molecule has 0 bridgehead atoms. The lowest BCUT2D eigenvalue weighted by Crippen LogP contribution is -2.10. The lowest BCUT2D eigenvalue weighted by atomic mass is 10.1. The van der Waals surface area contributed by atoms with Crippen LogP contribution in [-0.4, -0.2) is 16.2 Å². The van der Waals surface area contributed by atoms with E-state index >= 15 is 0 Å². The first-order valence-electron chi connectivity index (χ1n) is 4.84. The number of aromatic nitrogens is 1. The predicted octanol–water partition coefficient (Wildman–Crippen LogP) is 3.34. The summed E-state index contributed by atoms with van der Waals surface area (Å²) in [7, 11) is 0. The molecule has 0 aliphatic rings. The van der Waals surface area contributed by atoms with Crippen LogP contribution in [0, 0.1) is 0 Å². The van der Waals surface area contributed by atoms with Crippen LogP contribution < -0.4 is 5.32 Å². The van der Waals surface area contributed by atoms with Gasteiger partial charge in [0.25, 0.3) is 0 Å². The van der Waals surface area contributed by atoms with E-state index in [1.165, 1.54) is 18.3 Å². The summed E-state index contributed by atoms with van der Waals surface area (Å²) in [4.78, 5) is 14.2. The summed E-state index contributed by atoms with van der Waals surface area (Å²) in [5.41, 5.74) is -0.851. The van der Waals surface area contributed by atoms with Gasteiger partial charge in [0.05, 0.1) is 5.56 Å². The largest absolute Gasteiger partial charge is 0.465 e. The number of nitrogens with zero attached hydrogens (tertiary/aromatic N) is 1.